The highest BCUT2D eigenvalue weighted by molar-refractivity contribution is 7.09. The van der Waals surface area contributed by atoms with Crippen LogP contribution in [0.3, 0.4) is 0 Å². The Morgan fingerprint density at radius 2 is 2.44 bits per heavy atom. The Morgan fingerprint density at radius 1 is 1.69 bits per heavy atom. The highest BCUT2D eigenvalue weighted by Crippen LogP contribution is 2.08. The number of hydrogen-bond donors (Lipinski definition) is 2. The fourth-order valence-electron chi connectivity index (χ4n) is 1.43. The summed E-state index contributed by atoms with van der Waals surface area (Å²) in [6, 6.07) is 0.0643. The van der Waals surface area contributed by atoms with E-state index in [1.54, 1.807) is 5.38 Å². The van der Waals surface area contributed by atoms with E-state index in [9.17, 15) is 4.79 Å². The van der Waals surface area contributed by atoms with Gasteiger partial charge >= 0.3 is 0 Å². The molecule has 0 aliphatic rings. The van der Waals surface area contributed by atoms with Gasteiger partial charge in [0.2, 0.25) is 0 Å². The molecule has 0 saturated heterocycles. The van der Waals surface area contributed by atoms with Crippen molar-refractivity contribution >= 4 is 17.2 Å². The van der Waals surface area contributed by atoms with E-state index in [1.165, 1.54) is 11.3 Å². The van der Waals surface area contributed by atoms with Crippen LogP contribution in [0.5, 0.6) is 0 Å². The van der Waals surface area contributed by atoms with Crippen LogP contribution >= 0.6 is 11.3 Å². The third-order valence-corrected chi connectivity index (χ3v) is 3.15. The summed E-state index contributed by atoms with van der Waals surface area (Å²) in [7, 11) is 0. The van der Waals surface area contributed by atoms with Crippen molar-refractivity contribution in [1.29, 1.82) is 0 Å². The molecule has 0 aliphatic carbocycles. The number of nitrogens with one attached hydrogen (secondary N) is 1. The van der Waals surface area contributed by atoms with Crippen molar-refractivity contribution in [1.82, 2.24) is 10.3 Å². The molecule has 16 heavy (non-hydrogen) atoms. The van der Waals surface area contributed by atoms with Crippen molar-refractivity contribution in [2.24, 2.45) is 5.73 Å². The lowest BCUT2D eigenvalue weighted by atomic mass is 10.1. The highest BCUT2D eigenvalue weighted by Gasteiger charge is 2.13. The van der Waals surface area contributed by atoms with Crippen LogP contribution in [0, 0.1) is 6.92 Å². The number of nitrogens with zero attached hydrogens (tertiary/aromatic N) is 1. The molecule has 1 rings (SSSR count). The maximum absolute atomic E-state index is 11.8. The van der Waals surface area contributed by atoms with Crippen LogP contribution in [0.25, 0.3) is 0 Å². The minimum Gasteiger partial charge on any atom is -0.347 e. The molecule has 1 atom stereocenters. The fourth-order valence-corrected chi connectivity index (χ4v) is 2.02. The van der Waals surface area contributed by atoms with Crippen LogP contribution in [0.4, 0.5) is 0 Å². The van der Waals surface area contributed by atoms with Gasteiger partial charge in [-0.15, -0.1) is 11.3 Å². The van der Waals surface area contributed by atoms with Gasteiger partial charge in [-0.05, 0) is 13.3 Å². The van der Waals surface area contributed by atoms with Crippen molar-refractivity contribution in [3.63, 3.8) is 0 Å². The van der Waals surface area contributed by atoms with Gasteiger partial charge < -0.3 is 11.1 Å². The lowest BCUT2D eigenvalue weighted by molar-refractivity contribution is 0.0931. The number of aromatic nitrogens is 1. The third-order valence-electron chi connectivity index (χ3n) is 2.38. The number of unbranched alkanes of at least 4 members (excludes halogenated alkanes) is 1. The van der Waals surface area contributed by atoms with Crippen molar-refractivity contribution < 1.29 is 4.79 Å². The summed E-state index contributed by atoms with van der Waals surface area (Å²) >= 11 is 1.48. The van der Waals surface area contributed by atoms with E-state index in [2.05, 4.69) is 17.2 Å². The van der Waals surface area contributed by atoms with Gasteiger partial charge in [0.25, 0.3) is 5.91 Å². The summed E-state index contributed by atoms with van der Waals surface area (Å²) in [5, 5.41) is 5.59. The predicted molar refractivity (Wildman–Crippen MR) is 66.7 cm³/mol. The molecular formula is C11H19N3OS. The average molecular weight is 241 g/mol. The zero-order chi connectivity index (χ0) is 12.0. The molecule has 1 aromatic rings. The lowest BCUT2D eigenvalue weighted by Gasteiger charge is -2.15. The van der Waals surface area contributed by atoms with E-state index < -0.39 is 0 Å². The fraction of sp³-hybridized carbons (Fsp3) is 0.636. The number of nitrogens with two attached hydrogens (primary N) is 1. The van der Waals surface area contributed by atoms with Gasteiger partial charge in [-0.25, -0.2) is 4.98 Å². The maximum Gasteiger partial charge on any atom is 0.271 e. The third kappa shape index (κ3) is 3.90. The molecule has 0 radical (unpaired) electrons. The first-order valence-electron chi connectivity index (χ1n) is 5.60. The monoisotopic (exact) mass is 241 g/mol. The number of hydrogen-bond acceptors (Lipinski definition) is 4. The summed E-state index contributed by atoms with van der Waals surface area (Å²) in [6.07, 6.45) is 3.13. The summed E-state index contributed by atoms with van der Waals surface area (Å²) in [4.78, 5) is 15.9. The van der Waals surface area contributed by atoms with Crippen molar-refractivity contribution in [3.8, 4) is 0 Å². The van der Waals surface area contributed by atoms with Gasteiger partial charge in [-0.2, -0.15) is 0 Å². The molecule has 1 heterocycles. The van der Waals surface area contributed by atoms with E-state index in [4.69, 9.17) is 5.73 Å². The number of rotatable bonds is 6. The predicted octanol–water partition coefficient (Wildman–Crippen LogP) is 1.70. The standard InChI is InChI=1S/C11H19N3OS/c1-3-4-5-9(6-12)14-11(15)10-7-16-8(2)13-10/h7,9H,3-6,12H2,1-2H3,(H,14,15). The Hall–Kier alpha value is -0.940. The Balaban J connectivity index is 2.48. The second-order valence-corrected chi connectivity index (χ2v) is 4.86. The minimum absolute atomic E-state index is 0.0643. The average Bonchev–Trinajstić information content (AvgIpc) is 2.70. The number of thiazole rings is 1. The Labute approximate surface area is 100 Å². The maximum atomic E-state index is 11.8. The van der Waals surface area contributed by atoms with Crippen LogP contribution < -0.4 is 11.1 Å². The molecule has 0 saturated carbocycles. The molecule has 1 amide bonds. The summed E-state index contributed by atoms with van der Waals surface area (Å²) in [5.74, 6) is -0.115. The highest BCUT2D eigenvalue weighted by atomic mass is 32.1. The van der Waals surface area contributed by atoms with Gasteiger partial charge in [0.05, 0.1) is 5.01 Å². The molecule has 0 bridgehead atoms. The second kappa shape index (κ2) is 6.60. The summed E-state index contributed by atoms with van der Waals surface area (Å²) in [6.45, 7) is 4.49. The number of carbonyl (C=O) groups excluding carboxylic acids is 1. The van der Waals surface area contributed by atoms with Crippen LogP contribution in [0.2, 0.25) is 0 Å². The topological polar surface area (TPSA) is 68.0 Å². The van der Waals surface area contributed by atoms with Crippen molar-refractivity contribution in [2.45, 2.75) is 39.2 Å². The number of carbonyl (C=O) groups is 1. The molecule has 0 aromatic carbocycles. The SMILES string of the molecule is CCCCC(CN)NC(=O)c1csc(C)n1. The first-order valence-corrected chi connectivity index (χ1v) is 6.48. The van der Waals surface area contributed by atoms with Gasteiger partial charge in [-0.3, -0.25) is 4.79 Å². The molecule has 1 aromatic heterocycles. The van der Waals surface area contributed by atoms with Gasteiger partial charge in [0.1, 0.15) is 5.69 Å². The van der Waals surface area contributed by atoms with E-state index in [-0.39, 0.29) is 11.9 Å². The Kier molecular flexibility index (Phi) is 5.42. The van der Waals surface area contributed by atoms with Gasteiger partial charge in [0, 0.05) is 18.0 Å². The number of amides is 1. The zero-order valence-corrected chi connectivity index (χ0v) is 10.6. The minimum atomic E-state index is -0.115. The van der Waals surface area contributed by atoms with Crippen LogP contribution in [0.15, 0.2) is 5.38 Å². The molecule has 4 nitrogen and oxygen atoms in total. The quantitative estimate of drug-likeness (QED) is 0.796. The zero-order valence-electron chi connectivity index (χ0n) is 9.82. The normalized spacial score (nSPS) is 12.4. The lowest BCUT2D eigenvalue weighted by Crippen LogP contribution is -2.40. The van der Waals surface area contributed by atoms with Crippen molar-refractivity contribution in [3.05, 3.63) is 16.1 Å². The molecule has 1 unspecified atom stereocenters. The Morgan fingerprint density at radius 3 is 2.94 bits per heavy atom. The largest absolute Gasteiger partial charge is 0.347 e. The molecule has 3 N–H and O–H groups in total. The smallest absolute Gasteiger partial charge is 0.271 e. The van der Waals surface area contributed by atoms with Crippen LogP contribution in [-0.4, -0.2) is 23.5 Å². The Bertz CT molecular complexity index is 338. The second-order valence-electron chi connectivity index (χ2n) is 3.80. The molecule has 0 aliphatic heterocycles. The van der Waals surface area contributed by atoms with E-state index in [0.29, 0.717) is 12.2 Å². The summed E-state index contributed by atoms with van der Waals surface area (Å²) in [5.41, 5.74) is 6.11. The van der Waals surface area contributed by atoms with E-state index in [1.807, 2.05) is 6.92 Å². The molecule has 90 valence electrons. The van der Waals surface area contributed by atoms with Gasteiger partial charge in [-0.1, -0.05) is 19.8 Å². The van der Waals surface area contributed by atoms with Crippen LogP contribution in [0.1, 0.15) is 41.7 Å². The van der Waals surface area contributed by atoms with Crippen LogP contribution in [-0.2, 0) is 0 Å². The van der Waals surface area contributed by atoms with E-state index in [0.717, 1.165) is 24.3 Å². The molecular weight excluding hydrogens is 222 g/mol. The molecule has 5 heteroatoms. The molecule has 0 fully saturated rings. The van der Waals surface area contributed by atoms with E-state index >= 15 is 0 Å². The first-order chi connectivity index (χ1) is 7.67. The number of aryl methyl sites for hydroxylation is 1. The molecule has 0 spiro atoms. The summed E-state index contributed by atoms with van der Waals surface area (Å²) < 4.78 is 0. The first kappa shape index (κ1) is 13.1. The van der Waals surface area contributed by atoms with Gasteiger partial charge in [0.15, 0.2) is 0 Å². The van der Waals surface area contributed by atoms with Crippen molar-refractivity contribution in [2.75, 3.05) is 6.54 Å².